The molecule has 0 unspecified atom stereocenters. The summed E-state index contributed by atoms with van der Waals surface area (Å²) >= 11 is 0. The molecule has 1 heterocycles. The highest BCUT2D eigenvalue weighted by Gasteiger charge is 2.21. The maximum Gasteiger partial charge on any atom is 0.0531 e. The van der Waals surface area contributed by atoms with E-state index in [9.17, 15) is 0 Å². The van der Waals surface area contributed by atoms with Crippen molar-refractivity contribution in [2.24, 2.45) is 5.41 Å². The number of nitrogens with zero attached hydrogens (tertiary/aromatic N) is 1. The van der Waals surface area contributed by atoms with E-state index in [1.807, 2.05) is 0 Å². The van der Waals surface area contributed by atoms with Gasteiger partial charge in [-0.05, 0) is 51.8 Å². The second kappa shape index (κ2) is 8.35. The fraction of sp³-hybridized carbons (Fsp3) is 0.267. The lowest BCUT2D eigenvalue weighted by Gasteiger charge is -2.24. The third kappa shape index (κ3) is 4.50. The van der Waals surface area contributed by atoms with Gasteiger partial charge in [0.05, 0.1) is 5.52 Å². The molecule has 0 radical (unpaired) electrons. The zero-order valence-electron chi connectivity index (χ0n) is 20.1. The molecule has 164 valence electrons. The Bertz CT molecular complexity index is 1250. The summed E-state index contributed by atoms with van der Waals surface area (Å²) in [5.74, 6) is 0. The molecule has 0 aliphatic carbocycles. The number of hydrogen-bond donors (Lipinski definition) is 1. The SMILES string of the molecule is CC(C)(C)/C(=C/Nc1cccc(-n2cc(C(C)(C)C)c3ccccc32)c1)c1ccccc1. The van der Waals surface area contributed by atoms with Crippen LogP contribution < -0.4 is 5.32 Å². The third-order valence-corrected chi connectivity index (χ3v) is 5.92. The van der Waals surface area contributed by atoms with Crippen LogP contribution in [0.15, 0.2) is 91.3 Å². The minimum Gasteiger partial charge on any atom is -0.361 e. The number of para-hydroxylation sites is 1. The highest BCUT2D eigenvalue weighted by molar-refractivity contribution is 5.87. The van der Waals surface area contributed by atoms with Crippen molar-refractivity contribution in [2.45, 2.75) is 47.0 Å². The van der Waals surface area contributed by atoms with Crippen LogP contribution in [0, 0.1) is 5.41 Å². The van der Waals surface area contributed by atoms with Crippen molar-refractivity contribution in [3.63, 3.8) is 0 Å². The summed E-state index contributed by atoms with van der Waals surface area (Å²) < 4.78 is 2.31. The molecule has 0 aliphatic heterocycles. The van der Waals surface area contributed by atoms with Crippen LogP contribution in [0.2, 0.25) is 0 Å². The molecule has 1 N–H and O–H groups in total. The van der Waals surface area contributed by atoms with Gasteiger partial charge >= 0.3 is 0 Å². The first-order chi connectivity index (χ1) is 15.1. The highest BCUT2D eigenvalue weighted by Crippen LogP contribution is 2.35. The van der Waals surface area contributed by atoms with E-state index in [1.165, 1.54) is 27.6 Å². The number of nitrogens with one attached hydrogen (secondary N) is 1. The van der Waals surface area contributed by atoms with Crippen molar-refractivity contribution in [3.8, 4) is 5.69 Å². The van der Waals surface area contributed by atoms with E-state index in [2.05, 4.69) is 143 Å². The van der Waals surface area contributed by atoms with Gasteiger partial charge in [-0.2, -0.15) is 0 Å². The van der Waals surface area contributed by atoms with Gasteiger partial charge in [-0.3, -0.25) is 0 Å². The fourth-order valence-electron chi connectivity index (χ4n) is 4.24. The Morgan fingerprint density at radius 3 is 2.16 bits per heavy atom. The first kappa shape index (κ1) is 22.0. The predicted octanol–water partition coefficient (Wildman–Crippen LogP) is 8.43. The predicted molar refractivity (Wildman–Crippen MR) is 139 cm³/mol. The molecule has 0 amide bonds. The maximum absolute atomic E-state index is 3.57. The van der Waals surface area contributed by atoms with Gasteiger partial charge in [0.25, 0.3) is 0 Å². The van der Waals surface area contributed by atoms with Crippen molar-refractivity contribution < 1.29 is 0 Å². The Hall–Kier alpha value is -3.26. The molecule has 2 nitrogen and oxygen atoms in total. The van der Waals surface area contributed by atoms with Gasteiger partial charge in [0.1, 0.15) is 0 Å². The number of rotatable bonds is 4. The van der Waals surface area contributed by atoms with Gasteiger partial charge in [-0.15, -0.1) is 0 Å². The van der Waals surface area contributed by atoms with Gasteiger partial charge < -0.3 is 9.88 Å². The molecular weight excluding hydrogens is 388 g/mol. The lowest BCUT2D eigenvalue weighted by Crippen LogP contribution is -2.10. The van der Waals surface area contributed by atoms with Crippen LogP contribution in [-0.2, 0) is 5.41 Å². The highest BCUT2D eigenvalue weighted by atomic mass is 15.0. The molecule has 2 heteroatoms. The summed E-state index contributed by atoms with van der Waals surface area (Å²) in [5, 5.41) is 4.89. The van der Waals surface area contributed by atoms with E-state index in [0.717, 1.165) is 11.4 Å². The number of fused-ring (bicyclic) bond motifs is 1. The lowest BCUT2D eigenvalue weighted by atomic mass is 9.83. The Labute approximate surface area is 192 Å². The van der Waals surface area contributed by atoms with Crippen molar-refractivity contribution >= 4 is 22.2 Å². The summed E-state index contributed by atoms with van der Waals surface area (Å²) in [4.78, 5) is 0. The molecule has 1 aromatic heterocycles. The second-order valence-corrected chi connectivity index (χ2v) is 10.5. The number of allylic oxidation sites excluding steroid dienone is 1. The topological polar surface area (TPSA) is 17.0 Å². The minimum atomic E-state index is 0.0319. The first-order valence-corrected chi connectivity index (χ1v) is 11.4. The van der Waals surface area contributed by atoms with Gasteiger partial charge in [-0.1, -0.05) is 96.1 Å². The minimum absolute atomic E-state index is 0.0319. The molecule has 0 atom stereocenters. The summed E-state index contributed by atoms with van der Waals surface area (Å²) in [6, 6.07) is 27.9. The first-order valence-electron chi connectivity index (χ1n) is 11.4. The molecule has 0 spiro atoms. The largest absolute Gasteiger partial charge is 0.361 e. The van der Waals surface area contributed by atoms with Gasteiger partial charge in [0.2, 0.25) is 0 Å². The van der Waals surface area contributed by atoms with Crippen LogP contribution in [0.4, 0.5) is 5.69 Å². The molecule has 32 heavy (non-hydrogen) atoms. The molecule has 0 fully saturated rings. The Morgan fingerprint density at radius 2 is 1.47 bits per heavy atom. The summed E-state index contributed by atoms with van der Waals surface area (Å²) in [5.41, 5.74) is 7.49. The fourth-order valence-corrected chi connectivity index (χ4v) is 4.24. The van der Waals surface area contributed by atoms with Crippen LogP contribution in [-0.4, -0.2) is 4.57 Å². The van der Waals surface area contributed by atoms with Crippen LogP contribution in [0.3, 0.4) is 0 Å². The monoisotopic (exact) mass is 422 g/mol. The third-order valence-electron chi connectivity index (χ3n) is 5.92. The van der Waals surface area contributed by atoms with Crippen LogP contribution >= 0.6 is 0 Å². The van der Waals surface area contributed by atoms with Crippen LogP contribution in [0.5, 0.6) is 0 Å². The number of hydrogen-bond acceptors (Lipinski definition) is 1. The number of aromatic nitrogens is 1. The number of benzene rings is 3. The normalized spacial score (nSPS) is 12.9. The zero-order valence-corrected chi connectivity index (χ0v) is 20.1. The van der Waals surface area contributed by atoms with Gasteiger partial charge in [-0.25, -0.2) is 0 Å². The summed E-state index contributed by atoms with van der Waals surface area (Å²) in [7, 11) is 0. The average Bonchev–Trinajstić information content (AvgIpc) is 3.14. The molecule has 3 aromatic carbocycles. The van der Waals surface area contributed by atoms with Crippen LogP contribution in [0.25, 0.3) is 22.2 Å². The maximum atomic E-state index is 3.57. The molecular formula is C30H34N2. The quantitative estimate of drug-likeness (QED) is 0.349. The van der Waals surface area contributed by atoms with Crippen molar-refractivity contribution in [3.05, 3.63) is 102 Å². The Balaban J connectivity index is 1.73. The smallest absolute Gasteiger partial charge is 0.0531 e. The van der Waals surface area contributed by atoms with E-state index >= 15 is 0 Å². The van der Waals surface area contributed by atoms with Crippen LogP contribution in [0.1, 0.15) is 52.7 Å². The summed E-state index contributed by atoms with van der Waals surface area (Å²) in [6.45, 7) is 13.6. The van der Waals surface area contributed by atoms with E-state index in [0.29, 0.717) is 0 Å². The molecule has 0 aliphatic rings. The molecule has 4 aromatic rings. The van der Waals surface area contributed by atoms with Gasteiger partial charge in [0.15, 0.2) is 0 Å². The zero-order chi connectivity index (χ0) is 22.9. The molecule has 4 rings (SSSR count). The van der Waals surface area contributed by atoms with E-state index < -0.39 is 0 Å². The van der Waals surface area contributed by atoms with Crippen molar-refractivity contribution in [2.75, 3.05) is 5.32 Å². The van der Waals surface area contributed by atoms with Crippen molar-refractivity contribution in [1.29, 1.82) is 0 Å². The summed E-state index contributed by atoms with van der Waals surface area (Å²) in [6.07, 6.45) is 4.45. The standard InChI is InChI=1S/C30H34N2/c1-29(2,3)26(22-13-8-7-9-14-22)20-31-23-15-12-16-24(19-23)32-21-27(30(4,5)6)25-17-10-11-18-28(25)32/h7-21,31H,1-6H3/b26-20+. The lowest BCUT2D eigenvalue weighted by molar-refractivity contribution is 0.566. The number of anilines is 1. The second-order valence-electron chi connectivity index (χ2n) is 10.5. The molecule has 0 bridgehead atoms. The van der Waals surface area contributed by atoms with Gasteiger partial charge in [0, 0.05) is 29.2 Å². The van der Waals surface area contributed by atoms with E-state index in [1.54, 1.807) is 0 Å². The molecule has 0 saturated heterocycles. The van der Waals surface area contributed by atoms with Crippen molar-refractivity contribution in [1.82, 2.24) is 4.57 Å². The van der Waals surface area contributed by atoms with E-state index in [4.69, 9.17) is 0 Å². The van der Waals surface area contributed by atoms with E-state index in [-0.39, 0.29) is 10.8 Å². The Kier molecular flexibility index (Phi) is 5.73. The Morgan fingerprint density at radius 1 is 0.781 bits per heavy atom. The average molecular weight is 423 g/mol. The molecule has 0 saturated carbocycles.